The minimum absolute atomic E-state index is 0.0761. The average Bonchev–Trinajstić information content (AvgIpc) is 2.77. The van der Waals surface area contributed by atoms with Crippen molar-refractivity contribution in [3.8, 4) is 0 Å². The van der Waals surface area contributed by atoms with Gasteiger partial charge >= 0.3 is 5.97 Å². The van der Waals surface area contributed by atoms with Crippen molar-refractivity contribution >= 4 is 5.97 Å². The first-order valence-electron chi connectivity index (χ1n) is 7.18. The summed E-state index contributed by atoms with van der Waals surface area (Å²) in [5, 5.41) is 10.1. The Labute approximate surface area is 112 Å². The molecule has 0 unspecified atom stereocenters. The molecular weight excluding hydrogens is 242 g/mol. The van der Waals surface area contributed by atoms with Gasteiger partial charge in [-0.3, -0.25) is 9.69 Å². The van der Waals surface area contributed by atoms with E-state index in [0.29, 0.717) is 24.9 Å². The molecule has 4 rings (SSSR count). The van der Waals surface area contributed by atoms with Crippen LogP contribution in [0.1, 0.15) is 19.3 Å². The fraction of sp³-hybridized carbons (Fsp3) is 0.667. The standard InChI is InChI=1S/C15H19NO3/c17-12-2-1-11-4-6-16-5-3-10-9-19-14(18)7-13(10)15(11,16)8-12/h1-2,4,10,12-13,17H,3,5-9H2/t10-,12+,13-,15+/m1/s1. The number of ether oxygens (including phenoxy) is 1. The van der Waals surface area contributed by atoms with E-state index in [4.69, 9.17) is 4.74 Å². The lowest BCUT2D eigenvalue weighted by Crippen LogP contribution is -2.62. The highest BCUT2D eigenvalue weighted by molar-refractivity contribution is 5.71. The monoisotopic (exact) mass is 261 g/mol. The molecule has 19 heavy (non-hydrogen) atoms. The largest absolute Gasteiger partial charge is 0.465 e. The molecule has 2 saturated heterocycles. The summed E-state index contributed by atoms with van der Waals surface area (Å²) in [6.45, 7) is 2.55. The Morgan fingerprint density at radius 1 is 1.47 bits per heavy atom. The number of nitrogens with zero attached hydrogens (tertiary/aromatic N) is 1. The van der Waals surface area contributed by atoms with Gasteiger partial charge in [-0.2, -0.15) is 0 Å². The molecule has 4 heteroatoms. The average molecular weight is 261 g/mol. The first-order valence-corrected chi connectivity index (χ1v) is 7.18. The number of piperidine rings is 1. The molecule has 0 aromatic rings. The van der Waals surface area contributed by atoms with Gasteiger partial charge in [-0.15, -0.1) is 0 Å². The zero-order chi connectivity index (χ0) is 13.0. The van der Waals surface area contributed by atoms with Crippen LogP contribution >= 0.6 is 0 Å². The topological polar surface area (TPSA) is 49.8 Å². The van der Waals surface area contributed by atoms with E-state index in [2.05, 4.69) is 17.1 Å². The first kappa shape index (κ1) is 11.7. The van der Waals surface area contributed by atoms with Crippen molar-refractivity contribution in [2.45, 2.75) is 30.9 Å². The number of esters is 1. The van der Waals surface area contributed by atoms with Crippen LogP contribution in [0.2, 0.25) is 0 Å². The molecule has 0 aromatic heterocycles. The molecule has 0 aromatic carbocycles. The predicted molar refractivity (Wildman–Crippen MR) is 69.3 cm³/mol. The van der Waals surface area contributed by atoms with Crippen molar-refractivity contribution in [2.24, 2.45) is 11.8 Å². The number of aliphatic hydroxyl groups excluding tert-OH is 1. The van der Waals surface area contributed by atoms with E-state index < -0.39 is 6.10 Å². The lowest BCUT2D eigenvalue weighted by Gasteiger charge is -2.55. The summed E-state index contributed by atoms with van der Waals surface area (Å²) in [4.78, 5) is 14.2. The van der Waals surface area contributed by atoms with Crippen molar-refractivity contribution in [2.75, 3.05) is 19.7 Å². The summed E-state index contributed by atoms with van der Waals surface area (Å²) >= 11 is 0. The smallest absolute Gasteiger partial charge is 0.306 e. The van der Waals surface area contributed by atoms with Crippen LogP contribution in [0, 0.1) is 11.8 Å². The molecular formula is C15H19NO3. The lowest BCUT2D eigenvalue weighted by atomic mass is 9.62. The summed E-state index contributed by atoms with van der Waals surface area (Å²) < 4.78 is 5.24. The highest BCUT2D eigenvalue weighted by Crippen LogP contribution is 2.52. The molecule has 4 atom stereocenters. The summed E-state index contributed by atoms with van der Waals surface area (Å²) in [7, 11) is 0. The molecule has 0 saturated carbocycles. The van der Waals surface area contributed by atoms with Crippen molar-refractivity contribution in [3.63, 3.8) is 0 Å². The van der Waals surface area contributed by atoms with E-state index in [1.807, 2.05) is 6.08 Å². The van der Waals surface area contributed by atoms with Crippen molar-refractivity contribution in [1.29, 1.82) is 0 Å². The number of carbonyl (C=O) groups is 1. The minimum atomic E-state index is -0.394. The zero-order valence-corrected chi connectivity index (χ0v) is 10.9. The number of aliphatic hydroxyl groups is 1. The number of rotatable bonds is 0. The fourth-order valence-electron chi connectivity index (χ4n) is 4.57. The predicted octanol–water partition coefficient (Wildman–Crippen LogP) is 0.871. The molecule has 3 aliphatic heterocycles. The summed E-state index contributed by atoms with van der Waals surface area (Å²) in [6, 6.07) is 0. The maximum absolute atomic E-state index is 11.7. The van der Waals surface area contributed by atoms with E-state index in [-0.39, 0.29) is 11.5 Å². The number of carbonyl (C=O) groups excluding carboxylic acids is 1. The van der Waals surface area contributed by atoms with Gasteiger partial charge in [-0.1, -0.05) is 18.2 Å². The number of hydrogen-bond acceptors (Lipinski definition) is 4. The Morgan fingerprint density at radius 2 is 2.37 bits per heavy atom. The van der Waals surface area contributed by atoms with E-state index >= 15 is 0 Å². The SMILES string of the molecule is O=C1C[C@@H]2[C@H](CCN3CC=C4C=C[C@H](O)C[C@]423)CO1. The molecule has 4 aliphatic rings. The maximum Gasteiger partial charge on any atom is 0.306 e. The Bertz CT molecular complexity index is 484. The van der Waals surface area contributed by atoms with Gasteiger partial charge in [0.1, 0.15) is 0 Å². The van der Waals surface area contributed by atoms with Crippen molar-refractivity contribution < 1.29 is 14.6 Å². The third-order valence-electron chi connectivity index (χ3n) is 5.41. The molecule has 1 spiro atoms. The Kier molecular flexibility index (Phi) is 2.42. The van der Waals surface area contributed by atoms with E-state index in [1.165, 1.54) is 5.57 Å². The third-order valence-corrected chi connectivity index (χ3v) is 5.41. The van der Waals surface area contributed by atoms with Crippen LogP contribution in [0.25, 0.3) is 0 Å². The molecule has 1 aliphatic carbocycles. The highest BCUT2D eigenvalue weighted by atomic mass is 16.5. The van der Waals surface area contributed by atoms with Crippen LogP contribution in [0.5, 0.6) is 0 Å². The number of hydrogen-bond donors (Lipinski definition) is 1. The second kappa shape index (κ2) is 3.93. The van der Waals surface area contributed by atoms with Gasteiger partial charge in [0.15, 0.2) is 0 Å². The molecule has 2 fully saturated rings. The van der Waals surface area contributed by atoms with Crippen LogP contribution in [0.15, 0.2) is 23.8 Å². The molecule has 3 heterocycles. The van der Waals surface area contributed by atoms with Crippen LogP contribution in [0.3, 0.4) is 0 Å². The first-order chi connectivity index (χ1) is 9.20. The quantitative estimate of drug-likeness (QED) is 0.657. The molecule has 0 amide bonds. The molecule has 4 nitrogen and oxygen atoms in total. The van der Waals surface area contributed by atoms with Crippen molar-refractivity contribution in [1.82, 2.24) is 4.90 Å². The summed E-state index contributed by atoms with van der Waals surface area (Å²) in [6.07, 6.45) is 8.14. The van der Waals surface area contributed by atoms with Crippen LogP contribution in [-0.2, 0) is 9.53 Å². The van der Waals surface area contributed by atoms with Gasteiger partial charge in [0.05, 0.1) is 24.7 Å². The Hall–Kier alpha value is -1.13. The summed E-state index contributed by atoms with van der Waals surface area (Å²) in [5.41, 5.74) is 1.19. The number of fused-ring (bicyclic) bond motifs is 1. The third kappa shape index (κ3) is 1.50. The second-order valence-electron chi connectivity index (χ2n) is 6.20. The van der Waals surface area contributed by atoms with Gasteiger partial charge in [-0.05, 0) is 36.8 Å². The fourth-order valence-corrected chi connectivity index (χ4v) is 4.57. The lowest BCUT2D eigenvalue weighted by molar-refractivity contribution is -0.162. The van der Waals surface area contributed by atoms with Gasteiger partial charge in [0.25, 0.3) is 0 Å². The number of cyclic esters (lactones) is 1. The minimum Gasteiger partial charge on any atom is -0.465 e. The Morgan fingerprint density at radius 3 is 3.26 bits per heavy atom. The van der Waals surface area contributed by atoms with E-state index in [0.717, 1.165) is 25.9 Å². The van der Waals surface area contributed by atoms with Gasteiger partial charge in [-0.25, -0.2) is 0 Å². The van der Waals surface area contributed by atoms with E-state index in [9.17, 15) is 9.90 Å². The second-order valence-corrected chi connectivity index (χ2v) is 6.20. The Balaban J connectivity index is 1.78. The van der Waals surface area contributed by atoms with Gasteiger partial charge < -0.3 is 9.84 Å². The highest BCUT2D eigenvalue weighted by Gasteiger charge is 2.57. The molecule has 102 valence electrons. The van der Waals surface area contributed by atoms with E-state index in [1.54, 1.807) is 0 Å². The maximum atomic E-state index is 11.7. The van der Waals surface area contributed by atoms with Crippen LogP contribution in [0.4, 0.5) is 0 Å². The molecule has 0 bridgehead atoms. The van der Waals surface area contributed by atoms with Crippen molar-refractivity contribution in [3.05, 3.63) is 23.8 Å². The van der Waals surface area contributed by atoms with Crippen LogP contribution in [-0.4, -0.2) is 47.3 Å². The molecule has 1 N–H and O–H groups in total. The van der Waals surface area contributed by atoms with Crippen LogP contribution < -0.4 is 0 Å². The van der Waals surface area contributed by atoms with Gasteiger partial charge in [0.2, 0.25) is 0 Å². The summed E-state index contributed by atoms with van der Waals surface area (Å²) in [5.74, 6) is 0.678. The zero-order valence-electron chi connectivity index (χ0n) is 10.9. The normalized spacial score (nSPS) is 45.0. The molecule has 0 radical (unpaired) electrons. The van der Waals surface area contributed by atoms with Gasteiger partial charge in [0, 0.05) is 6.54 Å².